The van der Waals surface area contributed by atoms with E-state index >= 15 is 0 Å². The van der Waals surface area contributed by atoms with Crippen molar-refractivity contribution in [3.05, 3.63) is 69.5 Å². The van der Waals surface area contributed by atoms with E-state index in [2.05, 4.69) is 10.6 Å². The van der Waals surface area contributed by atoms with Gasteiger partial charge in [-0.25, -0.2) is 4.39 Å². The molecule has 0 saturated carbocycles. The summed E-state index contributed by atoms with van der Waals surface area (Å²) in [5.41, 5.74) is 0.596. The van der Waals surface area contributed by atoms with Crippen molar-refractivity contribution in [3.63, 3.8) is 0 Å². The van der Waals surface area contributed by atoms with Gasteiger partial charge in [-0.15, -0.1) is 0 Å². The van der Waals surface area contributed by atoms with Crippen molar-refractivity contribution in [1.29, 1.82) is 0 Å². The minimum Gasteiger partial charge on any atom is -0.350 e. The van der Waals surface area contributed by atoms with Crippen LogP contribution in [0.2, 0.25) is 10.0 Å². The predicted octanol–water partition coefficient (Wildman–Crippen LogP) is 4.20. The van der Waals surface area contributed by atoms with E-state index in [0.717, 1.165) is 0 Å². The maximum Gasteiger partial charge on any atom is 0.253 e. The van der Waals surface area contributed by atoms with E-state index in [1.165, 1.54) is 18.2 Å². The minimum absolute atomic E-state index is 0.0340. The summed E-state index contributed by atoms with van der Waals surface area (Å²) in [6.45, 7) is 3.64. The van der Waals surface area contributed by atoms with Crippen LogP contribution in [0.5, 0.6) is 0 Å². The fourth-order valence-electron chi connectivity index (χ4n) is 2.36. The highest BCUT2D eigenvalue weighted by molar-refractivity contribution is 6.36. The first-order valence-electron chi connectivity index (χ1n) is 8.06. The molecule has 2 aromatic rings. The van der Waals surface area contributed by atoms with E-state index < -0.39 is 23.7 Å². The van der Waals surface area contributed by atoms with Gasteiger partial charge in [0.05, 0.1) is 10.6 Å². The van der Waals surface area contributed by atoms with Crippen molar-refractivity contribution in [2.24, 2.45) is 5.92 Å². The van der Waals surface area contributed by atoms with Gasteiger partial charge in [0.15, 0.2) is 0 Å². The van der Waals surface area contributed by atoms with Crippen LogP contribution in [-0.2, 0) is 11.3 Å². The number of hydrogen-bond acceptors (Lipinski definition) is 2. The molecule has 0 aromatic heterocycles. The topological polar surface area (TPSA) is 58.2 Å². The molecule has 4 nitrogen and oxygen atoms in total. The summed E-state index contributed by atoms with van der Waals surface area (Å²) in [6.07, 6.45) is 0. The van der Waals surface area contributed by atoms with Crippen LogP contribution in [0.25, 0.3) is 0 Å². The van der Waals surface area contributed by atoms with E-state index in [9.17, 15) is 14.0 Å². The van der Waals surface area contributed by atoms with Gasteiger partial charge < -0.3 is 10.6 Å². The molecule has 0 aliphatic carbocycles. The van der Waals surface area contributed by atoms with Crippen LogP contribution in [0.3, 0.4) is 0 Å². The van der Waals surface area contributed by atoms with Gasteiger partial charge in [0.2, 0.25) is 5.91 Å². The lowest BCUT2D eigenvalue weighted by Gasteiger charge is -2.22. The lowest BCUT2D eigenvalue weighted by molar-refractivity contribution is -0.124. The van der Waals surface area contributed by atoms with Crippen molar-refractivity contribution in [3.8, 4) is 0 Å². The lowest BCUT2D eigenvalue weighted by atomic mass is 10.0. The molecule has 0 unspecified atom stereocenters. The number of nitrogens with one attached hydrogen (secondary N) is 2. The van der Waals surface area contributed by atoms with Crippen molar-refractivity contribution < 1.29 is 14.0 Å². The van der Waals surface area contributed by atoms with E-state index in [1.807, 2.05) is 0 Å². The molecule has 26 heavy (non-hydrogen) atoms. The van der Waals surface area contributed by atoms with E-state index in [-0.39, 0.29) is 23.0 Å². The lowest BCUT2D eigenvalue weighted by Crippen LogP contribution is -2.49. The number of carbonyl (C=O) groups excluding carboxylic acids is 2. The van der Waals surface area contributed by atoms with E-state index in [0.29, 0.717) is 10.6 Å². The molecule has 0 radical (unpaired) electrons. The molecule has 0 heterocycles. The Morgan fingerprint density at radius 2 is 1.81 bits per heavy atom. The fraction of sp³-hybridized carbons (Fsp3) is 0.263. The second kappa shape index (κ2) is 9.01. The molecule has 1 atom stereocenters. The van der Waals surface area contributed by atoms with Crippen LogP contribution in [-0.4, -0.2) is 17.9 Å². The first-order valence-corrected chi connectivity index (χ1v) is 8.82. The Balaban J connectivity index is 2.06. The molecule has 2 rings (SSSR count). The van der Waals surface area contributed by atoms with Crippen LogP contribution in [0, 0.1) is 11.7 Å². The number of carbonyl (C=O) groups is 2. The highest BCUT2D eigenvalue weighted by atomic mass is 35.5. The second-order valence-corrected chi connectivity index (χ2v) is 6.97. The molecule has 2 amide bonds. The Hall–Kier alpha value is -2.11. The first kappa shape index (κ1) is 20.2. The smallest absolute Gasteiger partial charge is 0.253 e. The molecular weight excluding hydrogens is 378 g/mol. The highest BCUT2D eigenvalue weighted by Crippen LogP contribution is 2.21. The Morgan fingerprint density at radius 3 is 2.42 bits per heavy atom. The van der Waals surface area contributed by atoms with Crippen molar-refractivity contribution in [1.82, 2.24) is 10.6 Å². The molecule has 0 bridgehead atoms. The zero-order valence-electron chi connectivity index (χ0n) is 14.4. The number of benzene rings is 2. The van der Waals surface area contributed by atoms with Gasteiger partial charge in [-0.05, 0) is 30.2 Å². The van der Waals surface area contributed by atoms with Gasteiger partial charge in [-0.3, -0.25) is 9.59 Å². The standard InChI is InChI=1S/C19H19Cl2FN2O2/c1-11(2)17(19(26)23-10-12-5-3-4-6-16(12)22)24-18(25)14-8-7-13(20)9-15(14)21/h3-9,11,17H,10H2,1-2H3,(H,23,26)(H,24,25)/t17-/m0/s1. The molecule has 0 aliphatic rings. The van der Waals surface area contributed by atoms with Gasteiger partial charge in [0.25, 0.3) is 5.91 Å². The van der Waals surface area contributed by atoms with Crippen LogP contribution < -0.4 is 10.6 Å². The average Bonchev–Trinajstić information content (AvgIpc) is 2.58. The Morgan fingerprint density at radius 1 is 1.12 bits per heavy atom. The maximum absolute atomic E-state index is 13.7. The number of rotatable bonds is 6. The highest BCUT2D eigenvalue weighted by Gasteiger charge is 2.25. The summed E-state index contributed by atoms with van der Waals surface area (Å²) in [5.74, 6) is -1.45. The second-order valence-electron chi connectivity index (χ2n) is 6.13. The quantitative estimate of drug-likeness (QED) is 0.768. The van der Waals surface area contributed by atoms with E-state index in [4.69, 9.17) is 23.2 Å². The van der Waals surface area contributed by atoms with E-state index in [1.54, 1.807) is 38.1 Å². The summed E-state index contributed by atoms with van der Waals surface area (Å²) < 4.78 is 13.7. The molecule has 0 saturated heterocycles. The molecule has 0 aliphatic heterocycles. The summed E-state index contributed by atoms with van der Waals surface area (Å²) in [6, 6.07) is 9.89. The summed E-state index contributed by atoms with van der Waals surface area (Å²) in [4.78, 5) is 24.9. The van der Waals surface area contributed by atoms with Gasteiger partial charge in [0, 0.05) is 17.1 Å². The SMILES string of the molecule is CC(C)[C@H](NC(=O)c1ccc(Cl)cc1Cl)C(=O)NCc1ccccc1F. The first-order chi connectivity index (χ1) is 12.3. The molecule has 0 fully saturated rings. The number of halogens is 3. The third-order valence-electron chi connectivity index (χ3n) is 3.82. The molecule has 7 heteroatoms. The van der Waals surface area contributed by atoms with Gasteiger partial charge >= 0.3 is 0 Å². The molecule has 0 spiro atoms. The maximum atomic E-state index is 13.7. The van der Waals surface area contributed by atoms with Gasteiger partial charge in [-0.1, -0.05) is 55.2 Å². The van der Waals surface area contributed by atoms with Crippen LogP contribution in [0.15, 0.2) is 42.5 Å². The molecular formula is C19H19Cl2FN2O2. The van der Waals surface area contributed by atoms with Gasteiger partial charge in [-0.2, -0.15) is 0 Å². The number of hydrogen-bond donors (Lipinski definition) is 2. The van der Waals surface area contributed by atoms with Crippen LogP contribution >= 0.6 is 23.2 Å². The third kappa shape index (κ3) is 5.19. The molecule has 2 aromatic carbocycles. The summed E-state index contributed by atoms with van der Waals surface area (Å²) in [5, 5.41) is 5.94. The summed E-state index contributed by atoms with van der Waals surface area (Å²) >= 11 is 11.9. The Labute approximate surface area is 161 Å². The van der Waals surface area contributed by atoms with Crippen molar-refractivity contribution >= 4 is 35.0 Å². The fourth-order valence-corrected chi connectivity index (χ4v) is 2.86. The average molecular weight is 397 g/mol. The molecule has 138 valence electrons. The van der Waals surface area contributed by atoms with Crippen LogP contribution in [0.1, 0.15) is 29.8 Å². The Bertz CT molecular complexity index is 812. The predicted molar refractivity (Wildman–Crippen MR) is 101 cm³/mol. The van der Waals surface area contributed by atoms with Crippen molar-refractivity contribution in [2.45, 2.75) is 26.4 Å². The minimum atomic E-state index is -0.791. The van der Waals surface area contributed by atoms with Crippen LogP contribution in [0.4, 0.5) is 4.39 Å². The molecule has 2 N–H and O–H groups in total. The third-order valence-corrected chi connectivity index (χ3v) is 4.37. The zero-order chi connectivity index (χ0) is 19.3. The largest absolute Gasteiger partial charge is 0.350 e. The van der Waals surface area contributed by atoms with Gasteiger partial charge in [0.1, 0.15) is 11.9 Å². The monoisotopic (exact) mass is 396 g/mol. The number of amides is 2. The Kier molecular flexibility index (Phi) is 7.00. The normalized spacial score (nSPS) is 11.9. The summed E-state index contributed by atoms with van der Waals surface area (Å²) in [7, 11) is 0. The zero-order valence-corrected chi connectivity index (χ0v) is 15.9. The van der Waals surface area contributed by atoms with Crippen molar-refractivity contribution in [2.75, 3.05) is 0 Å².